The quantitative estimate of drug-likeness (QED) is 0.860. The van der Waals surface area contributed by atoms with Crippen molar-refractivity contribution in [1.29, 1.82) is 0 Å². The van der Waals surface area contributed by atoms with Gasteiger partial charge in [0, 0.05) is 0 Å². The van der Waals surface area contributed by atoms with E-state index in [2.05, 4.69) is 5.32 Å². The summed E-state index contributed by atoms with van der Waals surface area (Å²) in [5, 5.41) is 12.1. The first-order valence-electron chi connectivity index (χ1n) is 8.08. The second-order valence-corrected chi connectivity index (χ2v) is 7.33. The van der Waals surface area contributed by atoms with Crippen LogP contribution in [-0.4, -0.2) is 34.9 Å². The van der Waals surface area contributed by atoms with Crippen LogP contribution in [0.1, 0.15) is 56.0 Å². The van der Waals surface area contributed by atoms with Crippen LogP contribution in [0, 0.1) is 6.92 Å². The molecule has 1 aliphatic carbocycles. The molecular formula is C18H25NO5. The minimum absolute atomic E-state index is 0.218. The van der Waals surface area contributed by atoms with Gasteiger partial charge in [0.05, 0.1) is 11.1 Å². The Balaban J connectivity index is 2.00. The second-order valence-electron chi connectivity index (χ2n) is 7.33. The van der Waals surface area contributed by atoms with E-state index >= 15 is 0 Å². The van der Waals surface area contributed by atoms with E-state index in [1.165, 1.54) is 6.07 Å². The van der Waals surface area contributed by atoms with Gasteiger partial charge in [-0.1, -0.05) is 6.07 Å². The molecule has 1 saturated carbocycles. The molecule has 0 aliphatic heterocycles. The van der Waals surface area contributed by atoms with E-state index in [4.69, 9.17) is 9.47 Å². The fraction of sp³-hybridized carbons (Fsp3) is 0.556. The number of hydrogen-bond donors (Lipinski definition) is 2. The number of carbonyl (C=O) groups is 2. The Kier molecular flexibility index (Phi) is 5.06. The first-order chi connectivity index (χ1) is 11.1. The number of rotatable bonds is 5. The van der Waals surface area contributed by atoms with Crippen molar-refractivity contribution < 1.29 is 24.2 Å². The molecular weight excluding hydrogens is 310 g/mol. The largest absolute Gasteiger partial charge is 0.491 e. The fourth-order valence-electron chi connectivity index (χ4n) is 2.57. The Morgan fingerprint density at radius 1 is 1.29 bits per heavy atom. The van der Waals surface area contributed by atoms with E-state index in [-0.39, 0.29) is 12.2 Å². The second kappa shape index (κ2) is 6.71. The van der Waals surface area contributed by atoms with E-state index in [0.29, 0.717) is 11.3 Å². The molecule has 2 rings (SSSR count). The molecule has 24 heavy (non-hydrogen) atoms. The van der Waals surface area contributed by atoms with Gasteiger partial charge in [-0.2, -0.15) is 0 Å². The van der Waals surface area contributed by atoms with Gasteiger partial charge in [0.1, 0.15) is 18.0 Å². The van der Waals surface area contributed by atoms with Crippen LogP contribution < -0.4 is 10.1 Å². The lowest BCUT2D eigenvalue weighted by atomic mass is 9.77. The number of alkyl carbamates (subject to hydrolysis) is 1. The number of carboxylic acids is 1. The molecule has 6 nitrogen and oxygen atoms in total. The van der Waals surface area contributed by atoms with Crippen LogP contribution in [0.25, 0.3) is 0 Å². The van der Waals surface area contributed by atoms with Gasteiger partial charge in [0.2, 0.25) is 0 Å². The molecule has 1 amide bonds. The number of carbonyl (C=O) groups excluding carboxylic acids is 1. The number of aryl methyl sites for hydroxylation is 1. The average molecular weight is 335 g/mol. The van der Waals surface area contributed by atoms with Crippen molar-refractivity contribution in [2.75, 3.05) is 6.61 Å². The zero-order valence-corrected chi connectivity index (χ0v) is 14.6. The summed E-state index contributed by atoms with van der Waals surface area (Å²) in [6.07, 6.45) is 2.17. The normalized spacial score (nSPS) is 16.0. The topological polar surface area (TPSA) is 84.9 Å². The number of hydrogen-bond acceptors (Lipinski definition) is 4. The van der Waals surface area contributed by atoms with E-state index < -0.39 is 23.2 Å². The third-order valence-electron chi connectivity index (χ3n) is 4.03. The van der Waals surface area contributed by atoms with E-state index in [0.717, 1.165) is 19.3 Å². The summed E-state index contributed by atoms with van der Waals surface area (Å²) in [4.78, 5) is 23.2. The Morgan fingerprint density at radius 2 is 1.96 bits per heavy atom. The molecule has 0 atom stereocenters. The molecule has 1 aromatic rings. The molecule has 0 bridgehead atoms. The van der Waals surface area contributed by atoms with Gasteiger partial charge in [0.25, 0.3) is 0 Å². The number of benzene rings is 1. The highest BCUT2D eigenvalue weighted by Gasteiger charge is 2.40. The molecule has 0 spiro atoms. The van der Waals surface area contributed by atoms with Gasteiger partial charge in [-0.3, -0.25) is 0 Å². The summed E-state index contributed by atoms with van der Waals surface area (Å²) in [6, 6.07) is 4.96. The van der Waals surface area contributed by atoms with Crippen molar-refractivity contribution in [3.8, 4) is 5.75 Å². The standard InChI is InChI=1S/C18H25NO5/c1-12-6-7-13(10-14(12)15(20)21)23-11-18(8-5-9-18)19-16(22)24-17(2,3)4/h6-7,10H,5,8-9,11H2,1-4H3,(H,19,22)(H,20,21). The van der Waals surface area contributed by atoms with Crippen LogP contribution in [-0.2, 0) is 4.74 Å². The van der Waals surface area contributed by atoms with Crippen LogP contribution in [0.5, 0.6) is 5.75 Å². The van der Waals surface area contributed by atoms with Crippen LogP contribution in [0.15, 0.2) is 18.2 Å². The highest BCUT2D eigenvalue weighted by atomic mass is 16.6. The van der Waals surface area contributed by atoms with E-state index in [1.54, 1.807) is 19.1 Å². The Morgan fingerprint density at radius 3 is 2.46 bits per heavy atom. The van der Waals surface area contributed by atoms with Crippen LogP contribution in [0.2, 0.25) is 0 Å². The molecule has 132 valence electrons. The molecule has 0 aromatic heterocycles. The number of amides is 1. The summed E-state index contributed by atoms with van der Waals surface area (Å²) in [5.74, 6) is -0.501. The van der Waals surface area contributed by atoms with Crippen LogP contribution in [0.4, 0.5) is 4.79 Å². The number of nitrogens with one attached hydrogen (secondary N) is 1. The molecule has 0 radical (unpaired) electrons. The van der Waals surface area contributed by atoms with E-state index in [1.807, 2.05) is 20.8 Å². The maximum Gasteiger partial charge on any atom is 0.408 e. The first kappa shape index (κ1) is 18.1. The first-order valence-corrected chi connectivity index (χ1v) is 8.08. The lowest BCUT2D eigenvalue weighted by Gasteiger charge is -2.42. The minimum Gasteiger partial charge on any atom is -0.491 e. The van der Waals surface area contributed by atoms with Crippen molar-refractivity contribution in [3.05, 3.63) is 29.3 Å². The average Bonchev–Trinajstić information content (AvgIpc) is 2.40. The summed E-state index contributed by atoms with van der Waals surface area (Å²) >= 11 is 0. The fourth-order valence-corrected chi connectivity index (χ4v) is 2.57. The minimum atomic E-state index is -0.983. The highest BCUT2D eigenvalue weighted by molar-refractivity contribution is 5.89. The monoisotopic (exact) mass is 335 g/mol. The lowest BCUT2D eigenvalue weighted by molar-refractivity contribution is 0.0294. The van der Waals surface area contributed by atoms with Gasteiger partial charge in [-0.25, -0.2) is 9.59 Å². The van der Waals surface area contributed by atoms with Gasteiger partial charge >= 0.3 is 12.1 Å². The highest BCUT2D eigenvalue weighted by Crippen LogP contribution is 2.33. The Labute approximate surface area is 142 Å². The summed E-state index contributed by atoms with van der Waals surface area (Å²) < 4.78 is 11.1. The number of aromatic carboxylic acids is 1. The molecule has 0 heterocycles. The smallest absolute Gasteiger partial charge is 0.408 e. The SMILES string of the molecule is Cc1ccc(OCC2(NC(=O)OC(C)(C)C)CCC2)cc1C(=O)O. The Bertz CT molecular complexity index is 629. The summed E-state index contributed by atoms with van der Waals surface area (Å²) in [7, 11) is 0. The lowest BCUT2D eigenvalue weighted by Crippen LogP contribution is -2.58. The third kappa shape index (κ3) is 4.63. The molecule has 2 N–H and O–H groups in total. The van der Waals surface area contributed by atoms with Crippen molar-refractivity contribution in [3.63, 3.8) is 0 Å². The number of carboxylic acid groups (broad SMARTS) is 1. The molecule has 0 unspecified atom stereocenters. The third-order valence-corrected chi connectivity index (χ3v) is 4.03. The summed E-state index contributed by atoms with van der Waals surface area (Å²) in [6.45, 7) is 7.47. The predicted octanol–water partition coefficient (Wildman–Crippen LogP) is 3.52. The van der Waals surface area contributed by atoms with Crippen molar-refractivity contribution in [2.45, 2.75) is 58.1 Å². The van der Waals surface area contributed by atoms with E-state index in [9.17, 15) is 14.7 Å². The van der Waals surface area contributed by atoms with Crippen LogP contribution >= 0.6 is 0 Å². The van der Waals surface area contributed by atoms with Gasteiger partial charge in [-0.15, -0.1) is 0 Å². The molecule has 0 saturated heterocycles. The maximum absolute atomic E-state index is 12.0. The van der Waals surface area contributed by atoms with Crippen molar-refractivity contribution in [1.82, 2.24) is 5.32 Å². The number of ether oxygens (including phenoxy) is 2. The molecule has 1 fully saturated rings. The van der Waals surface area contributed by atoms with Crippen molar-refractivity contribution in [2.24, 2.45) is 0 Å². The van der Waals surface area contributed by atoms with Gasteiger partial charge < -0.3 is 19.9 Å². The van der Waals surface area contributed by atoms with Gasteiger partial charge in [0.15, 0.2) is 0 Å². The Hall–Kier alpha value is -2.24. The molecule has 1 aliphatic rings. The van der Waals surface area contributed by atoms with Crippen LogP contribution in [0.3, 0.4) is 0 Å². The molecule has 1 aromatic carbocycles. The van der Waals surface area contributed by atoms with Crippen molar-refractivity contribution >= 4 is 12.1 Å². The maximum atomic E-state index is 12.0. The zero-order chi connectivity index (χ0) is 18.0. The van der Waals surface area contributed by atoms with Gasteiger partial charge in [-0.05, 0) is 64.7 Å². The summed E-state index contributed by atoms with van der Waals surface area (Å²) in [5.41, 5.74) is -0.102. The molecule has 6 heteroatoms. The predicted molar refractivity (Wildman–Crippen MR) is 89.6 cm³/mol. The zero-order valence-electron chi connectivity index (χ0n) is 14.6.